The number of pyridine rings is 2. The van der Waals surface area contributed by atoms with Gasteiger partial charge in [-0.25, -0.2) is 9.78 Å². The SMILES string of the molecule is CC(C)(C)OC(=O)NCc1ccnc(C2CCC3CN(c4nc(C(C)(C)C)ccc4C(=O)NSC4=CCCC(=N2)N4)C(C)(C)C3)c1. The third kappa shape index (κ3) is 8.40. The minimum absolute atomic E-state index is 0.151. The Morgan fingerprint density at radius 2 is 1.93 bits per heavy atom. The standard InChI is InChI=1S/C35H49N7O3S/c1-33(2,3)27-15-13-24-30(39-27)42-21-23(19-35(42,7)8)12-14-25(38-28-10-9-11-29(40-28)46-41-31(24)43)26-18-22(16-17-36-26)20-37-32(44)45-34(4,5)6/h11,13,15-18,23,25H,9-10,12,14,19-21H2,1-8H3,(H,37,44)(H,38,40)(H,41,43). The van der Waals surface area contributed by atoms with E-state index in [-0.39, 0.29) is 22.9 Å². The van der Waals surface area contributed by atoms with E-state index < -0.39 is 11.7 Å². The molecule has 11 heteroatoms. The Morgan fingerprint density at radius 3 is 2.67 bits per heavy atom. The van der Waals surface area contributed by atoms with Crippen LogP contribution in [0.2, 0.25) is 0 Å². The molecule has 0 saturated carbocycles. The average molecular weight is 648 g/mol. The summed E-state index contributed by atoms with van der Waals surface area (Å²) in [4.78, 5) is 43.4. The fraction of sp³-hybridized carbons (Fsp3) is 0.571. The number of hydrogen-bond acceptors (Lipinski definition) is 9. The van der Waals surface area contributed by atoms with Crippen molar-refractivity contribution in [2.75, 3.05) is 11.4 Å². The summed E-state index contributed by atoms with van der Waals surface area (Å²) in [5, 5.41) is 7.15. The summed E-state index contributed by atoms with van der Waals surface area (Å²) >= 11 is 1.28. The number of amides is 2. The number of nitrogens with one attached hydrogen (secondary N) is 3. The van der Waals surface area contributed by atoms with E-state index >= 15 is 0 Å². The molecule has 2 aromatic rings. The summed E-state index contributed by atoms with van der Waals surface area (Å²) in [6.45, 7) is 17.6. The van der Waals surface area contributed by atoms with Crippen LogP contribution in [0.25, 0.3) is 0 Å². The average Bonchev–Trinajstić information content (AvgIpc) is 3.28. The van der Waals surface area contributed by atoms with Crippen LogP contribution in [0.3, 0.4) is 0 Å². The van der Waals surface area contributed by atoms with Crippen LogP contribution < -0.4 is 20.3 Å². The molecule has 3 N–H and O–H groups in total. The highest BCUT2D eigenvalue weighted by Crippen LogP contribution is 2.41. The first kappa shape index (κ1) is 33.8. The lowest BCUT2D eigenvalue weighted by Crippen LogP contribution is -2.40. The number of anilines is 1. The van der Waals surface area contributed by atoms with E-state index in [1.807, 2.05) is 45.0 Å². The van der Waals surface area contributed by atoms with Gasteiger partial charge < -0.3 is 20.3 Å². The van der Waals surface area contributed by atoms with Crippen LogP contribution in [0.5, 0.6) is 0 Å². The molecule has 5 heterocycles. The number of ether oxygens (including phenoxy) is 1. The number of fused-ring (bicyclic) bond motifs is 6. The van der Waals surface area contributed by atoms with E-state index in [1.165, 1.54) is 11.9 Å². The molecule has 0 aromatic carbocycles. The van der Waals surface area contributed by atoms with Gasteiger partial charge in [0.15, 0.2) is 0 Å². The van der Waals surface area contributed by atoms with Gasteiger partial charge in [-0.05, 0) is 96.0 Å². The third-order valence-electron chi connectivity index (χ3n) is 8.52. The first-order valence-electron chi connectivity index (χ1n) is 16.3. The number of carbonyl (C=O) groups excluding carboxylic acids is 2. The van der Waals surface area contributed by atoms with Crippen molar-refractivity contribution in [3.05, 3.63) is 64.1 Å². The van der Waals surface area contributed by atoms with Gasteiger partial charge in [-0.2, -0.15) is 0 Å². The van der Waals surface area contributed by atoms with Gasteiger partial charge in [-0.15, -0.1) is 0 Å². The lowest BCUT2D eigenvalue weighted by Gasteiger charge is -2.34. The van der Waals surface area contributed by atoms with Crippen molar-refractivity contribution >= 4 is 35.6 Å². The molecule has 0 radical (unpaired) electrons. The highest BCUT2D eigenvalue weighted by atomic mass is 32.2. The molecule has 248 valence electrons. The normalized spacial score (nSPS) is 21.8. The number of carbonyl (C=O) groups is 2. The number of amidine groups is 1. The van der Waals surface area contributed by atoms with Crippen molar-refractivity contribution < 1.29 is 14.3 Å². The molecule has 46 heavy (non-hydrogen) atoms. The summed E-state index contributed by atoms with van der Waals surface area (Å²) in [6.07, 6.45) is 7.78. The van der Waals surface area contributed by atoms with Crippen LogP contribution in [0.4, 0.5) is 10.6 Å². The van der Waals surface area contributed by atoms with Crippen LogP contribution >= 0.6 is 11.9 Å². The lowest BCUT2D eigenvalue weighted by atomic mass is 9.90. The Bertz CT molecular complexity index is 1520. The fourth-order valence-electron chi connectivity index (χ4n) is 6.25. The van der Waals surface area contributed by atoms with Crippen molar-refractivity contribution in [2.24, 2.45) is 10.9 Å². The second-order valence-electron chi connectivity index (χ2n) is 15.2. The van der Waals surface area contributed by atoms with E-state index in [4.69, 9.17) is 19.7 Å². The molecule has 0 spiro atoms. The maximum atomic E-state index is 13.7. The molecule has 0 aliphatic carbocycles. The Morgan fingerprint density at radius 1 is 1.15 bits per heavy atom. The van der Waals surface area contributed by atoms with Gasteiger partial charge in [-0.1, -0.05) is 26.8 Å². The van der Waals surface area contributed by atoms with Crippen LogP contribution in [0.1, 0.15) is 121 Å². The van der Waals surface area contributed by atoms with Gasteiger partial charge in [0, 0.05) is 54.3 Å². The zero-order valence-electron chi connectivity index (χ0n) is 28.5. The maximum absolute atomic E-state index is 13.7. The topological polar surface area (TPSA) is 121 Å². The summed E-state index contributed by atoms with van der Waals surface area (Å²) < 4.78 is 8.48. The zero-order chi connectivity index (χ0) is 33.3. The number of nitrogens with zero attached hydrogens (tertiary/aromatic N) is 4. The van der Waals surface area contributed by atoms with Crippen LogP contribution in [-0.2, 0) is 16.7 Å². The summed E-state index contributed by atoms with van der Waals surface area (Å²) in [6, 6.07) is 7.70. The molecular weight excluding hydrogens is 598 g/mol. The predicted molar refractivity (Wildman–Crippen MR) is 185 cm³/mol. The number of alkyl carbamates (subject to hydrolysis) is 1. The molecule has 1 saturated heterocycles. The van der Waals surface area contributed by atoms with Crippen molar-refractivity contribution in [3.8, 4) is 0 Å². The number of allylic oxidation sites excluding steroid dienone is 1. The van der Waals surface area contributed by atoms with Gasteiger partial charge in [-0.3, -0.25) is 19.5 Å². The molecule has 2 amide bonds. The van der Waals surface area contributed by atoms with E-state index in [1.54, 1.807) is 6.20 Å². The molecule has 1 fully saturated rings. The second-order valence-corrected chi connectivity index (χ2v) is 16.0. The van der Waals surface area contributed by atoms with E-state index in [0.717, 1.165) is 72.3 Å². The zero-order valence-corrected chi connectivity index (χ0v) is 29.3. The molecule has 4 bridgehead atoms. The quantitative estimate of drug-likeness (QED) is 0.307. The molecule has 2 unspecified atom stereocenters. The Kier molecular flexibility index (Phi) is 9.73. The lowest BCUT2D eigenvalue weighted by molar-refractivity contribution is 0.0523. The first-order valence-corrected chi connectivity index (χ1v) is 17.1. The molecule has 2 atom stereocenters. The fourth-order valence-corrected chi connectivity index (χ4v) is 6.94. The molecule has 10 nitrogen and oxygen atoms in total. The molecule has 3 aliphatic rings. The minimum Gasteiger partial charge on any atom is -0.444 e. The van der Waals surface area contributed by atoms with Crippen molar-refractivity contribution in [2.45, 2.75) is 117 Å². The molecule has 2 aromatic heterocycles. The number of aromatic nitrogens is 2. The molecule has 5 rings (SSSR count). The minimum atomic E-state index is -0.563. The highest BCUT2D eigenvalue weighted by Gasteiger charge is 2.41. The Labute approximate surface area is 277 Å². The maximum Gasteiger partial charge on any atom is 0.407 e. The molecule has 3 aliphatic heterocycles. The van der Waals surface area contributed by atoms with Crippen LogP contribution in [-0.4, -0.2) is 45.5 Å². The van der Waals surface area contributed by atoms with Crippen molar-refractivity contribution in [1.29, 1.82) is 0 Å². The van der Waals surface area contributed by atoms with E-state index in [2.05, 4.69) is 61.0 Å². The van der Waals surface area contributed by atoms with Crippen molar-refractivity contribution in [3.63, 3.8) is 0 Å². The molecular formula is C35H49N7O3S. The predicted octanol–water partition coefficient (Wildman–Crippen LogP) is 6.94. The van der Waals surface area contributed by atoms with Gasteiger partial charge in [0.1, 0.15) is 17.3 Å². The van der Waals surface area contributed by atoms with Crippen LogP contribution in [0, 0.1) is 5.92 Å². The summed E-state index contributed by atoms with van der Waals surface area (Å²) in [7, 11) is 0. The van der Waals surface area contributed by atoms with Gasteiger partial charge >= 0.3 is 6.09 Å². The smallest absolute Gasteiger partial charge is 0.407 e. The van der Waals surface area contributed by atoms with Gasteiger partial charge in [0.05, 0.1) is 22.3 Å². The monoisotopic (exact) mass is 647 g/mol. The summed E-state index contributed by atoms with van der Waals surface area (Å²) in [5.74, 6) is 1.86. The van der Waals surface area contributed by atoms with Crippen LogP contribution in [0.15, 0.2) is 46.6 Å². The number of aliphatic imine (C=N–C) groups is 1. The van der Waals surface area contributed by atoms with Gasteiger partial charge in [0.2, 0.25) is 0 Å². The van der Waals surface area contributed by atoms with E-state index in [9.17, 15) is 9.59 Å². The van der Waals surface area contributed by atoms with E-state index in [0.29, 0.717) is 18.0 Å². The number of rotatable bonds is 3. The summed E-state index contributed by atoms with van der Waals surface area (Å²) in [5.41, 5.74) is 2.47. The number of hydrogen-bond donors (Lipinski definition) is 3. The van der Waals surface area contributed by atoms with Gasteiger partial charge in [0.25, 0.3) is 5.91 Å². The highest BCUT2D eigenvalue weighted by molar-refractivity contribution is 8.01. The first-order chi connectivity index (χ1) is 21.6. The Balaban J connectivity index is 1.45. The Hall–Kier alpha value is -3.60. The van der Waals surface area contributed by atoms with Crippen molar-refractivity contribution in [1.82, 2.24) is 25.3 Å². The third-order valence-corrected chi connectivity index (χ3v) is 9.29. The largest absolute Gasteiger partial charge is 0.444 e. The second kappa shape index (κ2) is 13.3.